The quantitative estimate of drug-likeness (QED) is 0.757. The predicted molar refractivity (Wildman–Crippen MR) is 116 cm³/mol. The van der Waals surface area contributed by atoms with Gasteiger partial charge in [-0.3, -0.25) is 9.78 Å². The Morgan fingerprint density at radius 2 is 1.83 bits per heavy atom. The van der Waals surface area contributed by atoms with E-state index in [0.717, 1.165) is 25.0 Å². The lowest BCUT2D eigenvalue weighted by Gasteiger charge is -2.51. The molecule has 4 heteroatoms. The van der Waals surface area contributed by atoms with E-state index in [9.17, 15) is 4.79 Å². The third-order valence-corrected chi connectivity index (χ3v) is 6.23. The standard InChI is InChI=1S/C25H25N3O/c1-18-13-15-19(16-14-18)27-21-9-3-2-4-10-23(21)28(24-12-7-11-22(24)27)25(29)20-8-5-6-17-26-20/h2-6,8-10,13-17,22-24H,7,11-12H2,1H3/t22-,23+,24-/m1/s1. The summed E-state index contributed by atoms with van der Waals surface area (Å²) >= 11 is 0. The van der Waals surface area contributed by atoms with Gasteiger partial charge in [0.05, 0.1) is 18.1 Å². The Bertz CT molecular complexity index is 990. The summed E-state index contributed by atoms with van der Waals surface area (Å²) < 4.78 is 0. The molecule has 5 rings (SSSR count). The van der Waals surface area contributed by atoms with Crippen LogP contribution in [0.3, 0.4) is 0 Å². The zero-order valence-corrected chi connectivity index (χ0v) is 16.6. The lowest BCUT2D eigenvalue weighted by Crippen LogP contribution is -2.62. The zero-order chi connectivity index (χ0) is 19.8. The number of allylic oxidation sites excluding steroid dienone is 4. The second kappa shape index (κ2) is 7.36. The predicted octanol–water partition coefficient (Wildman–Crippen LogP) is 4.65. The van der Waals surface area contributed by atoms with Crippen molar-refractivity contribution in [2.24, 2.45) is 0 Å². The van der Waals surface area contributed by atoms with E-state index in [4.69, 9.17) is 0 Å². The highest BCUT2D eigenvalue weighted by Gasteiger charge is 2.48. The van der Waals surface area contributed by atoms with Gasteiger partial charge in [0.25, 0.3) is 5.91 Å². The molecule has 2 fully saturated rings. The summed E-state index contributed by atoms with van der Waals surface area (Å²) in [4.78, 5) is 22.5. The van der Waals surface area contributed by atoms with Crippen LogP contribution in [0.4, 0.5) is 5.69 Å². The molecule has 0 radical (unpaired) electrons. The van der Waals surface area contributed by atoms with Crippen molar-refractivity contribution in [3.05, 3.63) is 96.0 Å². The fourth-order valence-corrected chi connectivity index (χ4v) is 4.93. The maximum atomic E-state index is 13.6. The SMILES string of the molecule is Cc1ccc(N2C3=CC=CC=C[C@@H]3N(C(=O)c3ccccn3)[C@@H]3CCC[C@H]32)cc1. The molecule has 1 aromatic heterocycles. The minimum atomic E-state index is -0.0971. The Kier molecular flexibility index (Phi) is 4.55. The third-order valence-electron chi connectivity index (χ3n) is 6.23. The van der Waals surface area contributed by atoms with Crippen molar-refractivity contribution >= 4 is 11.6 Å². The number of fused-ring (bicyclic) bond motifs is 2. The number of hydrogen-bond donors (Lipinski definition) is 0. The molecule has 1 saturated carbocycles. The maximum Gasteiger partial charge on any atom is 0.273 e. The van der Waals surface area contributed by atoms with E-state index in [-0.39, 0.29) is 24.0 Å². The summed E-state index contributed by atoms with van der Waals surface area (Å²) in [5.74, 6) is 0.0218. The van der Waals surface area contributed by atoms with Gasteiger partial charge < -0.3 is 9.80 Å². The number of rotatable bonds is 2. The highest BCUT2D eigenvalue weighted by molar-refractivity contribution is 5.93. The number of anilines is 1. The molecule has 0 spiro atoms. The topological polar surface area (TPSA) is 36.4 Å². The van der Waals surface area contributed by atoms with E-state index in [0.29, 0.717) is 5.69 Å². The van der Waals surface area contributed by atoms with E-state index in [2.05, 4.69) is 70.3 Å². The Morgan fingerprint density at radius 1 is 1.00 bits per heavy atom. The summed E-state index contributed by atoms with van der Waals surface area (Å²) in [6.07, 6.45) is 15.4. The molecular weight excluding hydrogens is 358 g/mol. The van der Waals surface area contributed by atoms with Gasteiger partial charge in [0.1, 0.15) is 5.69 Å². The number of hydrogen-bond acceptors (Lipinski definition) is 3. The Labute approximate surface area is 171 Å². The van der Waals surface area contributed by atoms with Crippen LogP contribution in [0.2, 0.25) is 0 Å². The van der Waals surface area contributed by atoms with Crippen LogP contribution >= 0.6 is 0 Å². The average Bonchev–Trinajstić information content (AvgIpc) is 3.10. The summed E-state index contributed by atoms with van der Waals surface area (Å²) in [6.45, 7) is 2.12. The maximum absolute atomic E-state index is 13.6. The van der Waals surface area contributed by atoms with Gasteiger partial charge in [-0.25, -0.2) is 0 Å². The first-order valence-electron chi connectivity index (χ1n) is 10.4. The first-order valence-corrected chi connectivity index (χ1v) is 10.4. The summed E-state index contributed by atoms with van der Waals surface area (Å²) in [7, 11) is 0. The van der Waals surface area contributed by atoms with Crippen LogP contribution in [0.5, 0.6) is 0 Å². The molecule has 4 nitrogen and oxygen atoms in total. The number of nitrogens with zero attached hydrogens (tertiary/aromatic N) is 3. The molecule has 3 atom stereocenters. The summed E-state index contributed by atoms with van der Waals surface area (Å²) in [5, 5.41) is 0. The van der Waals surface area contributed by atoms with Gasteiger partial charge in [0.15, 0.2) is 0 Å². The largest absolute Gasteiger partial charge is 0.338 e. The molecule has 1 aromatic carbocycles. The molecule has 29 heavy (non-hydrogen) atoms. The van der Waals surface area contributed by atoms with Gasteiger partial charge in [0, 0.05) is 17.6 Å². The number of carbonyl (C=O) groups is 1. The normalized spacial score (nSPS) is 25.3. The average molecular weight is 383 g/mol. The van der Waals surface area contributed by atoms with E-state index < -0.39 is 0 Å². The van der Waals surface area contributed by atoms with Crippen molar-refractivity contribution in [1.82, 2.24) is 9.88 Å². The fourth-order valence-electron chi connectivity index (χ4n) is 4.93. The van der Waals surface area contributed by atoms with Gasteiger partial charge in [-0.05, 0) is 56.5 Å². The van der Waals surface area contributed by atoms with Crippen LogP contribution in [-0.2, 0) is 0 Å². The minimum absolute atomic E-state index is 0.0218. The molecule has 0 bridgehead atoms. The van der Waals surface area contributed by atoms with Gasteiger partial charge in [-0.15, -0.1) is 0 Å². The van der Waals surface area contributed by atoms with Crippen molar-refractivity contribution in [2.45, 2.75) is 44.3 Å². The fraction of sp³-hybridized carbons (Fsp3) is 0.280. The number of carbonyl (C=O) groups excluding carboxylic acids is 1. The number of aromatic nitrogens is 1. The second-order valence-electron chi connectivity index (χ2n) is 8.00. The number of aryl methyl sites for hydroxylation is 1. The molecule has 1 aliphatic heterocycles. The van der Waals surface area contributed by atoms with Crippen LogP contribution in [0.25, 0.3) is 0 Å². The lowest BCUT2D eigenvalue weighted by atomic mass is 9.94. The van der Waals surface area contributed by atoms with Crippen LogP contribution in [0.1, 0.15) is 35.3 Å². The highest BCUT2D eigenvalue weighted by Crippen LogP contribution is 2.42. The van der Waals surface area contributed by atoms with Crippen LogP contribution < -0.4 is 4.90 Å². The number of pyridine rings is 1. The van der Waals surface area contributed by atoms with Gasteiger partial charge in [-0.2, -0.15) is 0 Å². The molecule has 0 N–H and O–H groups in total. The monoisotopic (exact) mass is 383 g/mol. The van der Waals surface area contributed by atoms with Crippen molar-refractivity contribution in [3.8, 4) is 0 Å². The van der Waals surface area contributed by atoms with Crippen molar-refractivity contribution in [3.63, 3.8) is 0 Å². The molecule has 0 unspecified atom stereocenters. The van der Waals surface area contributed by atoms with E-state index in [1.807, 2.05) is 24.3 Å². The van der Waals surface area contributed by atoms with Crippen molar-refractivity contribution < 1.29 is 4.79 Å². The molecule has 2 aliphatic carbocycles. The number of piperazine rings is 1. The van der Waals surface area contributed by atoms with E-state index in [1.165, 1.54) is 11.3 Å². The van der Waals surface area contributed by atoms with Crippen LogP contribution in [-0.4, -0.2) is 33.9 Å². The molecule has 1 saturated heterocycles. The first-order chi connectivity index (χ1) is 14.2. The smallest absolute Gasteiger partial charge is 0.273 e. The molecule has 2 heterocycles. The van der Waals surface area contributed by atoms with Gasteiger partial charge >= 0.3 is 0 Å². The number of benzene rings is 1. The molecule has 3 aliphatic rings. The molecule has 2 aromatic rings. The summed E-state index contributed by atoms with van der Waals surface area (Å²) in [5.41, 5.74) is 4.14. The first kappa shape index (κ1) is 17.9. The number of amides is 1. The zero-order valence-electron chi connectivity index (χ0n) is 16.6. The third kappa shape index (κ3) is 3.09. The summed E-state index contributed by atoms with van der Waals surface area (Å²) in [6, 6.07) is 14.7. The van der Waals surface area contributed by atoms with Gasteiger partial charge in [-0.1, -0.05) is 48.1 Å². The molecular formula is C25H25N3O. The van der Waals surface area contributed by atoms with Crippen molar-refractivity contribution in [1.29, 1.82) is 0 Å². The highest BCUT2D eigenvalue weighted by atomic mass is 16.2. The second-order valence-corrected chi connectivity index (χ2v) is 8.00. The molecule has 1 amide bonds. The van der Waals surface area contributed by atoms with Crippen molar-refractivity contribution in [2.75, 3.05) is 4.90 Å². The Balaban J connectivity index is 1.62. The Hall–Kier alpha value is -3.14. The minimum Gasteiger partial charge on any atom is -0.338 e. The van der Waals surface area contributed by atoms with Crippen LogP contribution in [0.15, 0.2) is 84.7 Å². The van der Waals surface area contributed by atoms with Gasteiger partial charge in [0.2, 0.25) is 0 Å². The van der Waals surface area contributed by atoms with Crippen LogP contribution in [0, 0.1) is 6.92 Å². The molecule has 146 valence electrons. The Morgan fingerprint density at radius 3 is 2.62 bits per heavy atom. The van der Waals surface area contributed by atoms with E-state index in [1.54, 1.807) is 6.20 Å². The van der Waals surface area contributed by atoms with E-state index >= 15 is 0 Å². The lowest BCUT2D eigenvalue weighted by molar-refractivity contribution is 0.0585.